The highest BCUT2D eigenvalue weighted by Crippen LogP contribution is 2.29. The van der Waals surface area contributed by atoms with Crippen LogP contribution in [0, 0.1) is 51.2 Å². The first kappa shape index (κ1) is 13.0. The van der Waals surface area contributed by atoms with Crippen molar-refractivity contribution in [1.82, 2.24) is 0 Å². The molecule has 1 rings (SSSR count). The van der Waals surface area contributed by atoms with Crippen LogP contribution in [0.2, 0.25) is 0 Å². The SMILES string of the molecule is CC1C(C=C(C#N)C#N)=CC=C1C=C(C#N)C#N. The lowest BCUT2D eigenvalue weighted by Crippen LogP contribution is -1.96. The highest BCUT2D eigenvalue weighted by Gasteiger charge is 2.16. The van der Waals surface area contributed by atoms with Crippen molar-refractivity contribution in [2.45, 2.75) is 6.92 Å². The monoisotopic (exact) mass is 232 g/mol. The van der Waals surface area contributed by atoms with E-state index in [-0.39, 0.29) is 17.1 Å². The van der Waals surface area contributed by atoms with E-state index in [1.165, 1.54) is 12.2 Å². The van der Waals surface area contributed by atoms with Gasteiger partial charge in [-0.1, -0.05) is 19.1 Å². The molecule has 0 aliphatic heterocycles. The summed E-state index contributed by atoms with van der Waals surface area (Å²) in [4.78, 5) is 0. The summed E-state index contributed by atoms with van der Waals surface area (Å²) in [6.45, 7) is 1.89. The molecule has 1 aliphatic rings. The Kier molecular flexibility index (Phi) is 4.22. The summed E-state index contributed by atoms with van der Waals surface area (Å²) in [5.41, 5.74) is 1.70. The van der Waals surface area contributed by atoms with Gasteiger partial charge in [0.15, 0.2) is 0 Å². The van der Waals surface area contributed by atoms with Crippen molar-refractivity contribution in [2.75, 3.05) is 0 Å². The average Bonchev–Trinajstić information content (AvgIpc) is 2.74. The maximum atomic E-state index is 8.68. The van der Waals surface area contributed by atoms with Crippen molar-refractivity contribution in [3.63, 3.8) is 0 Å². The fourth-order valence-corrected chi connectivity index (χ4v) is 1.53. The van der Waals surface area contributed by atoms with Gasteiger partial charge < -0.3 is 0 Å². The molecule has 4 heteroatoms. The maximum absolute atomic E-state index is 8.68. The molecule has 0 amide bonds. The lowest BCUT2D eigenvalue weighted by Gasteiger charge is -2.08. The van der Waals surface area contributed by atoms with E-state index in [0.29, 0.717) is 0 Å². The molecule has 0 aromatic heterocycles. The Bertz CT molecular complexity index is 556. The van der Waals surface area contributed by atoms with E-state index < -0.39 is 0 Å². The highest BCUT2D eigenvalue weighted by molar-refractivity contribution is 5.53. The number of hydrogen-bond acceptors (Lipinski definition) is 4. The highest BCUT2D eigenvalue weighted by atomic mass is 14.3. The summed E-state index contributed by atoms with van der Waals surface area (Å²) in [6, 6.07) is 7.17. The zero-order valence-electron chi connectivity index (χ0n) is 9.68. The number of nitriles is 4. The van der Waals surface area contributed by atoms with Crippen molar-refractivity contribution in [3.05, 3.63) is 46.6 Å². The molecule has 0 heterocycles. The minimum absolute atomic E-state index is 0.0347. The molecule has 0 aromatic carbocycles. The third kappa shape index (κ3) is 2.73. The predicted molar refractivity (Wildman–Crippen MR) is 63.9 cm³/mol. The van der Waals surface area contributed by atoms with Crippen LogP contribution in [0.5, 0.6) is 0 Å². The standard InChI is InChI=1S/C14H8N4/c1-10-13(4-11(6-15)7-16)2-3-14(10)5-12(8-17)9-18/h2-5,10H,1H3. The minimum Gasteiger partial charge on any atom is -0.192 e. The quantitative estimate of drug-likeness (QED) is 0.683. The van der Waals surface area contributed by atoms with Gasteiger partial charge in [-0.3, -0.25) is 0 Å². The molecule has 84 valence electrons. The van der Waals surface area contributed by atoms with Gasteiger partial charge in [0.1, 0.15) is 35.4 Å². The van der Waals surface area contributed by atoms with E-state index in [1.807, 2.05) is 6.92 Å². The second kappa shape index (κ2) is 5.86. The Morgan fingerprint density at radius 2 is 1.22 bits per heavy atom. The third-order valence-electron chi connectivity index (χ3n) is 2.57. The van der Waals surface area contributed by atoms with Crippen LogP contribution in [0.25, 0.3) is 0 Å². The van der Waals surface area contributed by atoms with Crippen LogP contribution in [0.1, 0.15) is 6.92 Å². The van der Waals surface area contributed by atoms with Gasteiger partial charge in [-0.2, -0.15) is 21.0 Å². The smallest absolute Gasteiger partial charge is 0.129 e. The van der Waals surface area contributed by atoms with E-state index in [0.717, 1.165) is 11.1 Å². The van der Waals surface area contributed by atoms with Crippen LogP contribution < -0.4 is 0 Å². The van der Waals surface area contributed by atoms with E-state index in [9.17, 15) is 0 Å². The third-order valence-corrected chi connectivity index (χ3v) is 2.57. The molecule has 0 N–H and O–H groups in total. The number of nitrogens with zero attached hydrogens (tertiary/aromatic N) is 4. The second-order valence-corrected chi connectivity index (χ2v) is 3.62. The first-order chi connectivity index (χ1) is 8.65. The summed E-state index contributed by atoms with van der Waals surface area (Å²) in [7, 11) is 0. The fourth-order valence-electron chi connectivity index (χ4n) is 1.53. The van der Waals surface area contributed by atoms with E-state index in [1.54, 1.807) is 36.4 Å². The molecule has 0 aromatic rings. The second-order valence-electron chi connectivity index (χ2n) is 3.62. The van der Waals surface area contributed by atoms with Gasteiger partial charge in [0.25, 0.3) is 0 Å². The van der Waals surface area contributed by atoms with Crippen LogP contribution in [-0.4, -0.2) is 0 Å². The summed E-state index contributed by atoms with van der Waals surface area (Å²) >= 11 is 0. The van der Waals surface area contributed by atoms with Crippen LogP contribution in [0.15, 0.2) is 46.6 Å². The topological polar surface area (TPSA) is 95.2 Å². The predicted octanol–water partition coefficient (Wildman–Crippen LogP) is 2.44. The largest absolute Gasteiger partial charge is 0.192 e. The molecule has 4 nitrogen and oxygen atoms in total. The van der Waals surface area contributed by atoms with Crippen LogP contribution in [0.3, 0.4) is 0 Å². The zero-order valence-corrected chi connectivity index (χ0v) is 9.68. The number of hydrogen-bond donors (Lipinski definition) is 0. The van der Waals surface area contributed by atoms with Gasteiger partial charge in [0.2, 0.25) is 0 Å². The maximum Gasteiger partial charge on any atom is 0.129 e. The summed E-state index contributed by atoms with van der Waals surface area (Å²) < 4.78 is 0. The van der Waals surface area contributed by atoms with E-state index in [2.05, 4.69) is 0 Å². The normalized spacial score (nSPS) is 12.9. The average molecular weight is 232 g/mol. The van der Waals surface area contributed by atoms with Crippen LogP contribution >= 0.6 is 0 Å². The van der Waals surface area contributed by atoms with Crippen LogP contribution in [0.4, 0.5) is 0 Å². The Balaban J connectivity index is 2.96. The van der Waals surface area contributed by atoms with Crippen molar-refractivity contribution in [2.24, 2.45) is 5.92 Å². The van der Waals surface area contributed by atoms with Gasteiger partial charge in [-0.25, -0.2) is 0 Å². The van der Waals surface area contributed by atoms with Gasteiger partial charge in [0.05, 0.1) is 0 Å². The molecule has 0 atom stereocenters. The number of allylic oxidation sites excluding steroid dienone is 8. The van der Waals surface area contributed by atoms with Gasteiger partial charge in [-0.05, 0) is 23.3 Å². The van der Waals surface area contributed by atoms with Gasteiger partial charge in [-0.15, -0.1) is 0 Å². The van der Waals surface area contributed by atoms with Crippen LogP contribution in [-0.2, 0) is 0 Å². The Labute approximate surface area is 105 Å². The van der Waals surface area contributed by atoms with E-state index >= 15 is 0 Å². The molecule has 0 spiro atoms. The molecule has 0 radical (unpaired) electrons. The molecule has 0 fully saturated rings. The molecule has 0 saturated carbocycles. The molecule has 0 saturated heterocycles. The Hall–Kier alpha value is -3.08. The molecular weight excluding hydrogens is 224 g/mol. The van der Waals surface area contributed by atoms with Crippen molar-refractivity contribution < 1.29 is 0 Å². The summed E-state index contributed by atoms with van der Waals surface area (Å²) in [5.74, 6) is -0.0431. The Morgan fingerprint density at radius 1 is 0.889 bits per heavy atom. The zero-order chi connectivity index (χ0) is 13.5. The minimum atomic E-state index is -0.0431. The van der Waals surface area contributed by atoms with Crippen molar-refractivity contribution >= 4 is 0 Å². The van der Waals surface area contributed by atoms with Gasteiger partial charge >= 0.3 is 0 Å². The molecule has 0 bridgehead atoms. The lowest BCUT2D eigenvalue weighted by molar-refractivity contribution is 0.867. The molecular formula is C14H8N4. The van der Waals surface area contributed by atoms with Crippen molar-refractivity contribution in [3.8, 4) is 24.3 Å². The molecule has 18 heavy (non-hydrogen) atoms. The van der Waals surface area contributed by atoms with Crippen molar-refractivity contribution in [1.29, 1.82) is 21.0 Å². The van der Waals surface area contributed by atoms with Gasteiger partial charge in [0, 0.05) is 5.92 Å². The lowest BCUT2D eigenvalue weighted by atomic mass is 9.95. The van der Waals surface area contributed by atoms with E-state index in [4.69, 9.17) is 21.0 Å². The summed E-state index contributed by atoms with van der Waals surface area (Å²) in [6.07, 6.45) is 6.58. The molecule has 0 unspecified atom stereocenters. The number of rotatable bonds is 2. The Morgan fingerprint density at radius 3 is 1.50 bits per heavy atom. The molecule has 1 aliphatic carbocycles. The summed E-state index contributed by atoms with van der Waals surface area (Å²) in [5, 5.41) is 34.7. The first-order valence-corrected chi connectivity index (χ1v) is 5.11. The fraction of sp³-hybridized carbons (Fsp3) is 0.143. The first-order valence-electron chi connectivity index (χ1n) is 5.11.